The average molecular weight is 363 g/mol. The van der Waals surface area contributed by atoms with Crippen molar-refractivity contribution >= 4 is 11.8 Å². The van der Waals surface area contributed by atoms with E-state index in [1.165, 1.54) is 12.1 Å². The molecule has 0 aromatic heterocycles. The molecule has 1 fully saturated rings. The number of nitrogens with zero attached hydrogens (tertiary/aromatic N) is 1. The van der Waals surface area contributed by atoms with Gasteiger partial charge in [-0.3, -0.25) is 9.59 Å². The van der Waals surface area contributed by atoms with Crippen molar-refractivity contribution in [1.29, 1.82) is 0 Å². The highest BCUT2D eigenvalue weighted by Gasteiger charge is 2.24. The van der Waals surface area contributed by atoms with Gasteiger partial charge in [-0.25, -0.2) is 4.39 Å². The first-order chi connectivity index (χ1) is 12.5. The first kappa shape index (κ1) is 20.4. The van der Waals surface area contributed by atoms with E-state index in [0.717, 1.165) is 31.5 Å². The van der Waals surface area contributed by atoms with Gasteiger partial charge < -0.3 is 15.5 Å². The lowest BCUT2D eigenvalue weighted by molar-refractivity contribution is -0.137. The maximum atomic E-state index is 12.9. The van der Waals surface area contributed by atoms with Crippen LogP contribution in [0.25, 0.3) is 0 Å². The van der Waals surface area contributed by atoms with Crippen LogP contribution in [-0.2, 0) is 16.1 Å². The van der Waals surface area contributed by atoms with Crippen LogP contribution in [0, 0.1) is 17.7 Å². The predicted octanol–water partition coefficient (Wildman–Crippen LogP) is 2.32. The van der Waals surface area contributed by atoms with Crippen LogP contribution < -0.4 is 10.6 Å². The molecule has 1 saturated heterocycles. The van der Waals surface area contributed by atoms with Crippen LogP contribution in [0.4, 0.5) is 4.39 Å². The summed E-state index contributed by atoms with van der Waals surface area (Å²) < 4.78 is 12.9. The summed E-state index contributed by atoms with van der Waals surface area (Å²) in [6.07, 6.45) is 2.71. The Morgan fingerprint density at radius 3 is 2.54 bits per heavy atom. The molecule has 1 aliphatic rings. The molecule has 0 bridgehead atoms. The van der Waals surface area contributed by atoms with Crippen LogP contribution in [0.5, 0.6) is 0 Å². The van der Waals surface area contributed by atoms with Gasteiger partial charge in [-0.1, -0.05) is 19.1 Å². The molecule has 1 heterocycles. The zero-order chi connectivity index (χ0) is 18.9. The Hall–Kier alpha value is -1.95. The largest absolute Gasteiger partial charge is 0.350 e. The summed E-state index contributed by atoms with van der Waals surface area (Å²) in [5, 5.41) is 6.14. The van der Waals surface area contributed by atoms with Crippen LogP contribution in [0.3, 0.4) is 0 Å². The van der Waals surface area contributed by atoms with Crippen molar-refractivity contribution < 1.29 is 14.0 Å². The van der Waals surface area contributed by atoms with Crippen molar-refractivity contribution in [3.05, 3.63) is 35.6 Å². The highest BCUT2D eigenvalue weighted by Crippen LogP contribution is 2.24. The normalized spacial score (nSPS) is 16.1. The smallest absolute Gasteiger partial charge is 0.239 e. The van der Waals surface area contributed by atoms with Gasteiger partial charge in [0, 0.05) is 19.5 Å². The fraction of sp³-hybridized carbons (Fsp3) is 0.600. The maximum absolute atomic E-state index is 12.9. The Labute approximate surface area is 155 Å². The number of benzene rings is 1. The van der Waals surface area contributed by atoms with Gasteiger partial charge in [0.05, 0.1) is 6.54 Å². The summed E-state index contributed by atoms with van der Waals surface area (Å²) >= 11 is 0. The van der Waals surface area contributed by atoms with Crippen LogP contribution in [-0.4, -0.2) is 42.9 Å². The molecular formula is C20H30FN3O2. The third kappa shape index (κ3) is 6.41. The number of hydrogen-bond acceptors (Lipinski definition) is 3. The first-order valence-electron chi connectivity index (χ1n) is 9.49. The van der Waals surface area contributed by atoms with Gasteiger partial charge in [0.15, 0.2) is 0 Å². The van der Waals surface area contributed by atoms with E-state index >= 15 is 0 Å². The minimum Gasteiger partial charge on any atom is -0.350 e. The van der Waals surface area contributed by atoms with E-state index in [1.807, 2.05) is 6.92 Å². The molecule has 6 heteroatoms. The highest BCUT2D eigenvalue weighted by molar-refractivity contribution is 5.84. The fourth-order valence-corrected chi connectivity index (χ4v) is 3.39. The van der Waals surface area contributed by atoms with E-state index in [4.69, 9.17) is 0 Å². The van der Waals surface area contributed by atoms with Crippen molar-refractivity contribution in [3.63, 3.8) is 0 Å². The minimum atomic E-state index is -0.300. The monoisotopic (exact) mass is 363 g/mol. The lowest BCUT2D eigenvalue weighted by Crippen LogP contribution is -2.41. The highest BCUT2D eigenvalue weighted by atomic mass is 19.1. The molecule has 1 aliphatic heterocycles. The lowest BCUT2D eigenvalue weighted by Gasteiger charge is -2.29. The number of halogens is 1. The van der Waals surface area contributed by atoms with Crippen molar-refractivity contribution in [2.75, 3.05) is 26.2 Å². The Morgan fingerprint density at radius 2 is 1.92 bits per heavy atom. The number of amides is 2. The SMILES string of the molecule is CCN(CC(=O)NCc1ccc(F)cc1)C(=O)CC(C)C1CCNCC1. The van der Waals surface area contributed by atoms with Gasteiger partial charge in [0.2, 0.25) is 11.8 Å². The Kier molecular flexibility index (Phi) is 8.04. The van der Waals surface area contributed by atoms with Crippen LogP contribution >= 0.6 is 0 Å². The molecule has 1 unspecified atom stereocenters. The van der Waals surface area contributed by atoms with Gasteiger partial charge in [-0.2, -0.15) is 0 Å². The summed E-state index contributed by atoms with van der Waals surface area (Å²) in [6, 6.07) is 6.01. The van der Waals surface area contributed by atoms with Crippen molar-refractivity contribution in [3.8, 4) is 0 Å². The van der Waals surface area contributed by atoms with Crippen LogP contribution in [0.1, 0.15) is 38.7 Å². The molecule has 0 spiro atoms. The summed E-state index contributed by atoms with van der Waals surface area (Å²) in [5.41, 5.74) is 0.827. The van der Waals surface area contributed by atoms with E-state index in [1.54, 1.807) is 17.0 Å². The molecule has 26 heavy (non-hydrogen) atoms. The number of hydrogen-bond donors (Lipinski definition) is 2. The molecule has 2 amide bonds. The average Bonchev–Trinajstić information content (AvgIpc) is 2.66. The molecule has 2 N–H and O–H groups in total. The predicted molar refractivity (Wildman–Crippen MR) is 99.9 cm³/mol. The second-order valence-corrected chi connectivity index (χ2v) is 7.08. The quantitative estimate of drug-likeness (QED) is 0.745. The second-order valence-electron chi connectivity index (χ2n) is 7.08. The third-order valence-electron chi connectivity index (χ3n) is 5.16. The van der Waals surface area contributed by atoms with Crippen molar-refractivity contribution in [2.45, 2.75) is 39.7 Å². The minimum absolute atomic E-state index is 0.0375. The topological polar surface area (TPSA) is 61.4 Å². The van der Waals surface area contributed by atoms with E-state index < -0.39 is 0 Å². The van der Waals surface area contributed by atoms with Crippen LogP contribution in [0.2, 0.25) is 0 Å². The number of carbonyl (C=O) groups is 2. The standard InChI is InChI=1S/C20H30FN3O2/c1-3-24(20(26)12-15(2)17-8-10-22-11-9-17)14-19(25)23-13-16-4-6-18(21)7-5-16/h4-7,15,17,22H,3,8-14H2,1-2H3,(H,23,25). The molecule has 0 aliphatic carbocycles. The first-order valence-corrected chi connectivity index (χ1v) is 9.49. The molecule has 144 valence electrons. The van der Waals surface area contributed by atoms with Gasteiger partial charge >= 0.3 is 0 Å². The Bertz CT molecular complexity index is 585. The molecule has 2 rings (SSSR count). The summed E-state index contributed by atoms with van der Waals surface area (Å²) in [5.74, 6) is 0.451. The molecular weight excluding hydrogens is 333 g/mol. The third-order valence-corrected chi connectivity index (χ3v) is 5.16. The zero-order valence-corrected chi connectivity index (χ0v) is 15.8. The number of likely N-dealkylation sites (N-methyl/N-ethyl adjacent to an activating group) is 1. The van der Waals surface area contributed by atoms with E-state index in [2.05, 4.69) is 17.6 Å². The summed E-state index contributed by atoms with van der Waals surface area (Å²) in [6.45, 7) is 6.98. The van der Waals surface area contributed by atoms with Gasteiger partial charge in [-0.15, -0.1) is 0 Å². The van der Waals surface area contributed by atoms with Crippen molar-refractivity contribution in [1.82, 2.24) is 15.5 Å². The number of piperidine rings is 1. The van der Waals surface area contributed by atoms with Crippen molar-refractivity contribution in [2.24, 2.45) is 11.8 Å². The second kappa shape index (κ2) is 10.3. The summed E-state index contributed by atoms with van der Waals surface area (Å²) in [7, 11) is 0. The fourth-order valence-electron chi connectivity index (χ4n) is 3.39. The number of rotatable bonds is 8. The van der Waals surface area contributed by atoms with Gasteiger partial charge in [0.25, 0.3) is 0 Å². The van der Waals surface area contributed by atoms with Crippen LogP contribution in [0.15, 0.2) is 24.3 Å². The number of nitrogens with one attached hydrogen (secondary N) is 2. The molecule has 0 radical (unpaired) electrons. The van der Waals surface area contributed by atoms with E-state index in [9.17, 15) is 14.0 Å². The van der Waals surface area contributed by atoms with E-state index in [-0.39, 0.29) is 24.2 Å². The lowest BCUT2D eigenvalue weighted by atomic mass is 9.84. The van der Waals surface area contributed by atoms with E-state index in [0.29, 0.717) is 31.3 Å². The molecule has 0 saturated carbocycles. The Balaban J connectivity index is 1.77. The summed E-state index contributed by atoms with van der Waals surface area (Å²) in [4.78, 5) is 26.3. The Morgan fingerprint density at radius 1 is 1.27 bits per heavy atom. The maximum Gasteiger partial charge on any atom is 0.239 e. The molecule has 1 aromatic carbocycles. The molecule has 1 aromatic rings. The zero-order valence-electron chi connectivity index (χ0n) is 15.8. The number of carbonyl (C=O) groups excluding carboxylic acids is 2. The van der Waals surface area contributed by atoms with Gasteiger partial charge in [0.1, 0.15) is 5.82 Å². The molecule has 1 atom stereocenters. The van der Waals surface area contributed by atoms with Gasteiger partial charge in [-0.05, 0) is 62.4 Å². The molecule has 5 nitrogen and oxygen atoms in total.